The Labute approximate surface area is 168 Å². The van der Waals surface area contributed by atoms with Crippen molar-refractivity contribution in [2.24, 2.45) is 0 Å². The third-order valence-electron chi connectivity index (χ3n) is 4.15. The van der Waals surface area contributed by atoms with Gasteiger partial charge in [-0.2, -0.15) is 5.10 Å². The third kappa shape index (κ3) is 4.72. The number of alkyl halides is 3. The van der Waals surface area contributed by atoms with Crippen molar-refractivity contribution in [3.8, 4) is 16.9 Å². The zero-order chi connectivity index (χ0) is 21.1. The Balaban J connectivity index is 1.37. The molecule has 0 aliphatic carbocycles. The number of hydrogen-bond acceptors (Lipinski definition) is 5. The molecule has 3 heterocycles. The van der Waals surface area contributed by atoms with Gasteiger partial charge in [0.1, 0.15) is 12.1 Å². The minimum Gasteiger partial charge on any atom is -0.406 e. The number of benzene rings is 1. The van der Waals surface area contributed by atoms with Crippen LogP contribution in [0.2, 0.25) is 0 Å². The average Bonchev–Trinajstić information content (AvgIpc) is 3.17. The van der Waals surface area contributed by atoms with E-state index in [1.54, 1.807) is 23.0 Å². The fraction of sp³-hybridized carbons (Fsp3) is 0.100. The first-order valence-corrected chi connectivity index (χ1v) is 8.76. The van der Waals surface area contributed by atoms with Crippen molar-refractivity contribution in [2.45, 2.75) is 12.8 Å². The number of amides is 1. The summed E-state index contributed by atoms with van der Waals surface area (Å²) in [6.45, 7) is 0. The van der Waals surface area contributed by atoms with Crippen LogP contribution in [0.25, 0.3) is 16.8 Å². The molecule has 152 valence electrons. The lowest BCUT2D eigenvalue weighted by Crippen LogP contribution is -2.17. The number of carbonyl (C=O) groups is 1. The molecule has 0 saturated carbocycles. The zero-order valence-electron chi connectivity index (χ0n) is 15.3. The summed E-state index contributed by atoms with van der Waals surface area (Å²) in [4.78, 5) is 20.6. The fourth-order valence-electron chi connectivity index (χ4n) is 2.80. The molecule has 0 unspecified atom stereocenters. The Kier molecular flexibility index (Phi) is 5.05. The number of ether oxygens (including phenoxy) is 1. The first-order chi connectivity index (χ1) is 14.4. The molecule has 1 aromatic carbocycles. The zero-order valence-corrected chi connectivity index (χ0v) is 15.3. The second kappa shape index (κ2) is 7.82. The lowest BCUT2D eigenvalue weighted by molar-refractivity contribution is -0.274. The molecule has 10 heteroatoms. The van der Waals surface area contributed by atoms with Crippen LogP contribution in [0.1, 0.15) is 5.69 Å². The first kappa shape index (κ1) is 19.4. The number of pyridine rings is 2. The SMILES string of the molecule is O=C(Cc1ccc(-c2ccn3ncnc3c2)cn1)Nc1ccc(OC(F)(F)F)cc1. The molecule has 30 heavy (non-hydrogen) atoms. The monoisotopic (exact) mass is 413 g/mol. The number of carbonyl (C=O) groups excluding carboxylic acids is 1. The minimum absolute atomic E-state index is 0.0182. The number of nitrogens with zero attached hydrogens (tertiary/aromatic N) is 4. The molecule has 7 nitrogen and oxygen atoms in total. The number of fused-ring (bicyclic) bond motifs is 1. The highest BCUT2D eigenvalue weighted by molar-refractivity contribution is 5.92. The number of aromatic nitrogens is 4. The summed E-state index contributed by atoms with van der Waals surface area (Å²) in [6.07, 6.45) is 0.183. The topological polar surface area (TPSA) is 81.4 Å². The van der Waals surface area contributed by atoms with Gasteiger partial charge in [0.2, 0.25) is 5.91 Å². The summed E-state index contributed by atoms with van der Waals surface area (Å²) in [5, 5.41) is 6.65. The molecule has 1 N–H and O–H groups in total. The highest BCUT2D eigenvalue weighted by Gasteiger charge is 2.30. The van der Waals surface area contributed by atoms with E-state index in [-0.39, 0.29) is 18.1 Å². The molecule has 3 aromatic heterocycles. The maximum atomic E-state index is 12.2. The van der Waals surface area contributed by atoms with E-state index < -0.39 is 6.36 Å². The average molecular weight is 413 g/mol. The lowest BCUT2D eigenvalue weighted by atomic mass is 10.1. The van der Waals surface area contributed by atoms with Gasteiger partial charge in [0.25, 0.3) is 0 Å². The van der Waals surface area contributed by atoms with Crippen molar-refractivity contribution in [1.82, 2.24) is 19.6 Å². The van der Waals surface area contributed by atoms with Gasteiger partial charge < -0.3 is 10.1 Å². The molecule has 4 rings (SSSR count). The van der Waals surface area contributed by atoms with Crippen molar-refractivity contribution < 1.29 is 22.7 Å². The van der Waals surface area contributed by atoms with Gasteiger partial charge in [-0.05, 0) is 48.0 Å². The molecule has 0 fully saturated rings. The van der Waals surface area contributed by atoms with Crippen molar-refractivity contribution in [3.05, 3.63) is 72.9 Å². The van der Waals surface area contributed by atoms with Gasteiger partial charge in [-0.25, -0.2) is 9.50 Å². The standard InChI is InChI=1S/C20H14F3N5O2/c21-20(22,23)30-17-5-3-15(4-6-17)27-19(29)10-16-2-1-14(11-24-16)13-7-8-28-18(9-13)25-12-26-28/h1-9,11-12H,10H2,(H,27,29). The summed E-state index contributed by atoms with van der Waals surface area (Å²) >= 11 is 0. The molecule has 0 radical (unpaired) electrons. The van der Waals surface area contributed by atoms with Crippen molar-refractivity contribution >= 4 is 17.2 Å². The molecular formula is C20H14F3N5O2. The van der Waals surface area contributed by atoms with E-state index in [1.807, 2.05) is 18.2 Å². The highest BCUT2D eigenvalue weighted by atomic mass is 19.4. The fourth-order valence-corrected chi connectivity index (χ4v) is 2.80. The molecule has 1 amide bonds. The Bertz CT molecular complexity index is 1170. The summed E-state index contributed by atoms with van der Waals surface area (Å²) in [5.41, 5.74) is 3.40. The molecule has 0 atom stereocenters. The van der Waals surface area contributed by atoms with Crippen LogP contribution >= 0.6 is 0 Å². The summed E-state index contributed by atoms with van der Waals surface area (Å²) < 4.78 is 42.0. The summed E-state index contributed by atoms with van der Waals surface area (Å²) in [6, 6.07) is 12.3. The second-order valence-electron chi connectivity index (χ2n) is 6.31. The van der Waals surface area contributed by atoms with Crippen LogP contribution in [0.5, 0.6) is 5.75 Å². The van der Waals surface area contributed by atoms with Crippen LogP contribution in [0, 0.1) is 0 Å². The van der Waals surface area contributed by atoms with Gasteiger partial charge in [0.05, 0.1) is 6.42 Å². The number of nitrogens with one attached hydrogen (secondary N) is 1. The van der Waals surface area contributed by atoms with Crippen LogP contribution in [-0.4, -0.2) is 31.9 Å². The van der Waals surface area contributed by atoms with Crippen LogP contribution < -0.4 is 10.1 Å². The van der Waals surface area contributed by atoms with Crippen molar-refractivity contribution in [3.63, 3.8) is 0 Å². The van der Waals surface area contributed by atoms with E-state index >= 15 is 0 Å². The minimum atomic E-state index is -4.76. The molecule has 0 saturated heterocycles. The lowest BCUT2D eigenvalue weighted by Gasteiger charge is -2.10. The first-order valence-electron chi connectivity index (χ1n) is 8.76. The number of hydrogen-bond donors (Lipinski definition) is 1. The van der Waals surface area contributed by atoms with Gasteiger partial charge in [0, 0.05) is 29.3 Å². The van der Waals surface area contributed by atoms with E-state index in [0.717, 1.165) is 23.3 Å². The highest BCUT2D eigenvalue weighted by Crippen LogP contribution is 2.24. The second-order valence-corrected chi connectivity index (χ2v) is 6.31. The summed E-state index contributed by atoms with van der Waals surface area (Å²) in [7, 11) is 0. The van der Waals surface area contributed by atoms with Crippen LogP contribution in [0.4, 0.5) is 18.9 Å². The Morgan fingerprint density at radius 2 is 1.83 bits per heavy atom. The molecule has 0 aliphatic heterocycles. The normalized spacial score (nSPS) is 11.4. The number of rotatable bonds is 5. The predicted molar refractivity (Wildman–Crippen MR) is 102 cm³/mol. The molecule has 0 spiro atoms. The van der Waals surface area contributed by atoms with Crippen molar-refractivity contribution in [2.75, 3.05) is 5.32 Å². The van der Waals surface area contributed by atoms with E-state index in [4.69, 9.17) is 0 Å². The maximum Gasteiger partial charge on any atom is 0.573 e. The van der Waals surface area contributed by atoms with Crippen LogP contribution in [-0.2, 0) is 11.2 Å². The summed E-state index contributed by atoms with van der Waals surface area (Å²) in [5.74, 6) is -0.702. The molecular weight excluding hydrogens is 399 g/mol. The Morgan fingerprint density at radius 3 is 2.53 bits per heavy atom. The number of anilines is 1. The maximum absolute atomic E-state index is 12.2. The van der Waals surface area contributed by atoms with Gasteiger partial charge >= 0.3 is 6.36 Å². The van der Waals surface area contributed by atoms with E-state index in [0.29, 0.717) is 17.0 Å². The predicted octanol–water partition coefficient (Wildman–Crippen LogP) is 3.87. The largest absolute Gasteiger partial charge is 0.573 e. The van der Waals surface area contributed by atoms with Crippen LogP contribution in [0.3, 0.4) is 0 Å². The van der Waals surface area contributed by atoms with E-state index in [9.17, 15) is 18.0 Å². The molecule has 4 aromatic rings. The van der Waals surface area contributed by atoms with Gasteiger partial charge in [-0.15, -0.1) is 13.2 Å². The number of halogens is 3. The smallest absolute Gasteiger partial charge is 0.406 e. The molecule has 0 bridgehead atoms. The Morgan fingerprint density at radius 1 is 1.03 bits per heavy atom. The van der Waals surface area contributed by atoms with Gasteiger partial charge in [-0.1, -0.05) is 6.07 Å². The molecule has 0 aliphatic rings. The van der Waals surface area contributed by atoms with E-state index in [2.05, 4.69) is 25.1 Å². The quantitative estimate of drug-likeness (QED) is 0.537. The third-order valence-corrected chi connectivity index (χ3v) is 4.15. The van der Waals surface area contributed by atoms with E-state index in [1.165, 1.54) is 18.5 Å². The van der Waals surface area contributed by atoms with Gasteiger partial charge in [-0.3, -0.25) is 9.78 Å². The van der Waals surface area contributed by atoms with Gasteiger partial charge in [0.15, 0.2) is 5.65 Å². The van der Waals surface area contributed by atoms with Crippen LogP contribution in [0.15, 0.2) is 67.3 Å². The Hall–Kier alpha value is -3.95. The van der Waals surface area contributed by atoms with Crippen molar-refractivity contribution in [1.29, 1.82) is 0 Å².